The Morgan fingerprint density at radius 3 is 2.23 bits per heavy atom. The minimum atomic E-state index is -0.107. The number of aryl methyl sites for hydroxylation is 2. The van der Waals surface area contributed by atoms with E-state index in [9.17, 15) is 9.59 Å². The minimum Gasteiger partial charge on any atom is -0.326 e. The van der Waals surface area contributed by atoms with Gasteiger partial charge >= 0.3 is 6.03 Å². The topological polar surface area (TPSA) is 61.4 Å². The number of para-hydroxylation sites is 1. The van der Waals surface area contributed by atoms with Crippen LogP contribution in [0.25, 0.3) is 0 Å². The van der Waals surface area contributed by atoms with Crippen LogP contribution in [0.5, 0.6) is 0 Å². The third-order valence-electron chi connectivity index (χ3n) is 4.95. The normalized spacial score (nSPS) is 14.8. The van der Waals surface area contributed by atoms with Gasteiger partial charge in [-0.1, -0.05) is 24.3 Å². The molecule has 0 aliphatic carbocycles. The molecule has 3 amide bonds. The fourth-order valence-corrected chi connectivity index (χ4v) is 3.13. The van der Waals surface area contributed by atoms with E-state index < -0.39 is 0 Å². The lowest BCUT2D eigenvalue weighted by Gasteiger charge is -2.31. The molecule has 0 unspecified atom stereocenters. The molecule has 0 saturated carbocycles. The molecule has 0 spiro atoms. The van der Waals surface area contributed by atoms with Gasteiger partial charge in [0.15, 0.2) is 0 Å². The van der Waals surface area contributed by atoms with Crippen molar-refractivity contribution >= 4 is 23.3 Å². The molecular formula is C21H25N3O2. The summed E-state index contributed by atoms with van der Waals surface area (Å²) in [7, 11) is 0. The largest absolute Gasteiger partial charge is 0.326 e. The van der Waals surface area contributed by atoms with Gasteiger partial charge in [-0.25, -0.2) is 4.79 Å². The highest BCUT2D eigenvalue weighted by Gasteiger charge is 2.27. The molecule has 3 rings (SSSR count). The Morgan fingerprint density at radius 1 is 0.885 bits per heavy atom. The standard InChI is InChI=1S/C21H25N3O2/c1-15-8-9-19(14-16(15)2)22-20(25)17-10-12-24(13-11-17)21(26)23-18-6-4-3-5-7-18/h3-9,14,17H,10-13H2,1-2H3,(H,22,25)(H,23,26). The highest BCUT2D eigenvalue weighted by Crippen LogP contribution is 2.21. The summed E-state index contributed by atoms with van der Waals surface area (Å²) in [5.74, 6) is -0.0197. The molecular weight excluding hydrogens is 326 g/mol. The van der Waals surface area contributed by atoms with Gasteiger partial charge in [0.25, 0.3) is 0 Å². The van der Waals surface area contributed by atoms with Gasteiger partial charge in [-0.05, 0) is 62.1 Å². The van der Waals surface area contributed by atoms with Crippen LogP contribution in [-0.4, -0.2) is 29.9 Å². The zero-order chi connectivity index (χ0) is 18.5. The van der Waals surface area contributed by atoms with Gasteiger partial charge in [-0.2, -0.15) is 0 Å². The lowest BCUT2D eigenvalue weighted by Crippen LogP contribution is -2.43. The first-order chi connectivity index (χ1) is 12.5. The van der Waals surface area contributed by atoms with Crippen molar-refractivity contribution in [3.8, 4) is 0 Å². The number of carbonyl (C=O) groups excluding carboxylic acids is 2. The van der Waals surface area contributed by atoms with Crippen LogP contribution in [0, 0.1) is 19.8 Å². The fraction of sp³-hybridized carbons (Fsp3) is 0.333. The molecule has 1 aliphatic rings. The summed E-state index contributed by atoms with van der Waals surface area (Å²) < 4.78 is 0. The molecule has 0 radical (unpaired) electrons. The molecule has 5 heteroatoms. The van der Waals surface area contributed by atoms with E-state index in [-0.39, 0.29) is 17.9 Å². The van der Waals surface area contributed by atoms with Gasteiger partial charge in [-0.3, -0.25) is 4.79 Å². The molecule has 0 aromatic heterocycles. The van der Waals surface area contributed by atoms with Crippen LogP contribution in [0.2, 0.25) is 0 Å². The maximum absolute atomic E-state index is 12.5. The summed E-state index contributed by atoms with van der Waals surface area (Å²) in [5, 5.41) is 5.90. The maximum Gasteiger partial charge on any atom is 0.321 e. The molecule has 136 valence electrons. The fourth-order valence-electron chi connectivity index (χ4n) is 3.13. The van der Waals surface area contributed by atoms with Crippen LogP contribution in [0.3, 0.4) is 0 Å². The molecule has 0 bridgehead atoms. The summed E-state index contributed by atoms with van der Waals surface area (Å²) in [6.45, 7) is 5.26. The Balaban J connectivity index is 1.50. The number of amides is 3. The van der Waals surface area contributed by atoms with E-state index in [1.807, 2.05) is 55.5 Å². The average Bonchev–Trinajstić information content (AvgIpc) is 2.65. The predicted molar refractivity (Wildman–Crippen MR) is 104 cm³/mol. The second kappa shape index (κ2) is 8.04. The second-order valence-electron chi connectivity index (χ2n) is 6.85. The van der Waals surface area contributed by atoms with Crippen LogP contribution in [-0.2, 0) is 4.79 Å². The van der Waals surface area contributed by atoms with Crippen molar-refractivity contribution in [2.24, 2.45) is 5.92 Å². The average molecular weight is 351 g/mol. The number of carbonyl (C=O) groups is 2. The number of piperidine rings is 1. The summed E-state index contributed by atoms with van der Waals surface area (Å²) in [4.78, 5) is 26.6. The Labute approximate surface area is 154 Å². The first-order valence-corrected chi connectivity index (χ1v) is 9.02. The number of urea groups is 1. The maximum atomic E-state index is 12.5. The second-order valence-corrected chi connectivity index (χ2v) is 6.85. The monoisotopic (exact) mass is 351 g/mol. The third-order valence-corrected chi connectivity index (χ3v) is 4.95. The zero-order valence-corrected chi connectivity index (χ0v) is 15.3. The van der Waals surface area contributed by atoms with Gasteiger partial charge in [0.2, 0.25) is 5.91 Å². The van der Waals surface area contributed by atoms with Crippen LogP contribution in [0.1, 0.15) is 24.0 Å². The number of benzene rings is 2. The number of rotatable bonds is 3. The Kier molecular flexibility index (Phi) is 5.56. The zero-order valence-electron chi connectivity index (χ0n) is 15.3. The number of likely N-dealkylation sites (tertiary alicyclic amines) is 1. The van der Waals surface area contributed by atoms with Gasteiger partial charge in [0, 0.05) is 30.4 Å². The van der Waals surface area contributed by atoms with Crippen LogP contribution in [0.4, 0.5) is 16.2 Å². The molecule has 26 heavy (non-hydrogen) atoms. The highest BCUT2D eigenvalue weighted by atomic mass is 16.2. The molecule has 2 aromatic carbocycles. The van der Waals surface area contributed by atoms with E-state index in [2.05, 4.69) is 17.6 Å². The Bertz CT molecular complexity index is 781. The van der Waals surface area contributed by atoms with Crippen molar-refractivity contribution in [3.05, 3.63) is 59.7 Å². The molecule has 1 aliphatic heterocycles. The van der Waals surface area contributed by atoms with Crippen molar-refractivity contribution < 1.29 is 9.59 Å². The number of nitrogens with one attached hydrogen (secondary N) is 2. The van der Waals surface area contributed by atoms with Crippen molar-refractivity contribution in [2.75, 3.05) is 23.7 Å². The third kappa shape index (κ3) is 4.42. The van der Waals surface area contributed by atoms with Gasteiger partial charge in [0.05, 0.1) is 0 Å². The van der Waals surface area contributed by atoms with E-state index >= 15 is 0 Å². The summed E-state index contributed by atoms with van der Waals surface area (Å²) >= 11 is 0. The SMILES string of the molecule is Cc1ccc(NC(=O)C2CCN(C(=O)Nc3ccccc3)CC2)cc1C. The van der Waals surface area contributed by atoms with E-state index in [4.69, 9.17) is 0 Å². The lowest BCUT2D eigenvalue weighted by molar-refractivity contribution is -0.121. The van der Waals surface area contributed by atoms with E-state index in [0.717, 1.165) is 16.9 Å². The molecule has 5 nitrogen and oxygen atoms in total. The number of nitrogens with zero attached hydrogens (tertiary/aromatic N) is 1. The first-order valence-electron chi connectivity index (χ1n) is 9.02. The molecule has 1 saturated heterocycles. The first kappa shape index (κ1) is 18.0. The van der Waals surface area contributed by atoms with Gasteiger partial charge in [0.1, 0.15) is 0 Å². The molecule has 1 heterocycles. The van der Waals surface area contributed by atoms with E-state index in [0.29, 0.717) is 25.9 Å². The van der Waals surface area contributed by atoms with Crippen molar-refractivity contribution in [2.45, 2.75) is 26.7 Å². The van der Waals surface area contributed by atoms with E-state index in [1.165, 1.54) is 5.56 Å². The predicted octanol–water partition coefficient (Wildman–Crippen LogP) is 4.19. The van der Waals surface area contributed by atoms with Crippen molar-refractivity contribution in [1.29, 1.82) is 0 Å². The molecule has 2 N–H and O–H groups in total. The van der Waals surface area contributed by atoms with Crippen LogP contribution >= 0.6 is 0 Å². The van der Waals surface area contributed by atoms with Crippen LogP contribution < -0.4 is 10.6 Å². The Morgan fingerprint density at radius 2 is 1.58 bits per heavy atom. The smallest absolute Gasteiger partial charge is 0.321 e. The van der Waals surface area contributed by atoms with Crippen LogP contribution in [0.15, 0.2) is 48.5 Å². The van der Waals surface area contributed by atoms with Gasteiger partial charge < -0.3 is 15.5 Å². The Hall–Kier alpha value is -2.82. The quantitative estimate of drug-likeness (QED) is 0.871. The molecule has 0 atom stereocenters. The minimum absolute atomic E-state index is 0.0383. The summed E-state index contributed by atoms with van der Waals surface area (Å²) in [5.41, 5.74) is 3.99. The summed E-state index contributed by atoms with van der Waals surface area (Å²) in [6, 6.07) is 15.3. The van der Waals surface area contributed by atoms with Crippen molar-refractivity contribution in [3.63, 3.8) is 0 Å². The number of hydrogen-bond acceptors (Lipinski definition) is 2. The molecule has 2 aromatic rings. The number of hydrogen-bond donors (Lipinski definition) is 2. The lowest BCUT2D eigenvalue weighted by atomic mass is 9.96. The molecule has 1 fully saturated rings. The van der Waals surface area contributed by atoms with Crippen molar-refractivity contribution in [1.82, 2.24) is 4.90 Å². The summed E-state index contributed by atoms with van der Waals surface area (Å²) in [6.07, 6.45) is 1.36. The van der Waals surface area contributed by atoms with E-state index in [1.54, 1.807) is 4.90 Å². The van der Waals surface area contributed by atoms with Gasteiger partial charge in [-0.15, -0.1) is 0 Å². The highest BCUT2D eigenvalue weighted by molar-refractivity contribution is 5.93. The number of anilines is 2.